The van der Waals surface area contributed by atoms with Crippen molar-refractivity contribution >= 4 is 45.8 Å². The first-order valence-electron chi connectivity index (χ1n) is 8.93. The van der Waals surface area contributed by atoms with Crippen LogP contribution >= 0.6 is 23.2 Å². The van der Waals surface area contributed by atoms with E-state index in [0.29, 0.717) is 29.5 Å². The zero-order valence-corrected chi connectivity index (χ0v) is 16.8. The third-order valence-electron chi connectivity index (χ3n) is 5.17. The fourth-order valence-electron chi connectivity index (χ4n) is 3.51. The van der Waals surface area contributed by atoms with Crippen LogP contribution in [0.3, 0.4) is 0 Å². The Bertz CT molecular complexity index is 1000. The maximum absolute atomic E-state index is 13.0. The van der Waals surface area contributed by atoms with E-state index in [-0.39, 0.29) is 5.91 Å². The minimum Gasteiger partial charge on any atom is -0.451 e. The molecule has 0 bridgehead atoms. The average Bonchev–Trinajstić information content (AvgIpc) is 2.98. The van der Waals surface area contributed by atoms with Gasteiger partial charge >= 0.3 is 0 Å². The molecule has 0 aliphatic carbocycles. The number of hydrogen-bond acceptors (Lipinski definition) is 3. The van der Waals surface area contributed by atoms with E-state index >= 15 is 0 Å². The molecule has 3 aromatic rings. The number of aryl methyl sites for hydroxylation is 2. The molecule has 1 fully saturated rings. The first kappa shape index (κ1) is 18.2. The van der Waals surface area contributed by atoms with E-state index in [1.807, 2.05) is 55.1 Å². The van der Waals surface area contributed by atoms with Crippen LogP contribution in [0.1, 0.15) is 21.7 Å². The molecule has 0 unspecified atom stereocenters. The van der Waals surface area contributed by atoms with Crippen molar-refractivity contribution in [2.24, 2.45) is 0 Å². The Labute approximate surface area is 168 Å². The van der Waals surface area contributed by atoms with Crippen LogP contribution in [0, 0.1) is 13.8 Å². The Morgan fingerprint density at radius 3 is 2.33 bits per heavy atom. The fourth-order valence-corrected chi connectivity index (χ4v) is 3.80. The van der Waals surface area contributed by atoms with Gasteiger partial charge in [-0.25, -0.2) is 0 Å². The second kappa shape index (κ2) is 7.10. The van der Waals surface area contributed by atoms with Crippen LogP contribution < -0.4 is 4.90 Å². The van der Waals surface area contributed by atoms with Crippen LogP contribution in [-0.4, -0.2) is 37.0 Å². The van der Waals surface area contributed by atoms with E-state index in [2.05, 4.69) is 4.90 Å². The van der Waals surface area contributed by atoms with Gasteiger partial charge in [-0.15, -0.1) is 0 Å². The molecule has 6 heteroatoms. The third kappa shape index (κ3) is 3.40. The van der Waals surface area contributed by atoms with Gasteiger partial charge in [-0.3, -0.25) is 4.79 Å². The SMILES string of the molecule is Cc1cc2oc(C(=O)N3CCN(c4ccc(Cl)cc4)CC3)c(C)c2cc1Cl. The molecule has 0 spiro atoms. The number of fused-ring (bicyclic) bond motifs is 1. The normalized spacial score (nSPS) is 14.8. The fraction of sp³-hybridized carbons (Fsp3) is 0.286. The molecule has 2 heterocycles. The monoisotopic (exact) mass is 402 g/mol. The van der Waals surface area contributed by atoms with Crippen molar-refractivity contribution in [3.8, 4) is 0 Å². The summed E-state index contributed by atoms with van der Waals surface area (Å²) in [5.74, 6) is 0.347. The number of amides is 1. The number of piperazine rings is 1. The minimum absolute atomic E-state index is 0.0618. The standard InChI is InChI=1S/C21H20Cl2N2O2/c1-13-11-19-17(12-18(13)23)14(2)20(27-19)21(26)25-9-7-24(8-10-25)16-5-3-15(22)4-6-16/h3-6,11-12H,7-10H2,1-2H3. The van der Waals surface area contributed by atoms with Gasteiger partial charge in [0.25, 0.3) is 5.91 Å². The maximum Gasteiger partial charge on any atom is 0.290 e. The largest absolute Gasteiger partial charge is 0.451 e. The van der Waals surface area contributed by atoms with Crippen LogP contribution in [0.4, 0.5) is 5.69 Å². The topological polar surface area (TPSA) is 36.7 Å². The second-order valence-electron chi connectivity index (χ2n) is 6.91. The Morgan fingerprint density at radius 1 is 1.00 bits per heavy atom. The smallest absolute Gasteiger partial charge is 0.290 e. The number of hydrogen-bond donors (Lipinski definition) is 0. The molecule has 140 valence electrons. The van der Waals surface area contributed by atoms with Gasteiger partial charge in [0.15, 0.2) is 5.76 Å². The van der Waals surface area contributed by atoms with E-state index in [1.54, 1.807) is 0 Å². The highest BCUT2D eigenvalue weighted by Gasteiger charge is 2.27. The van der Waals surface area contributed by atoms with Gasteiger partial charge in [-0.05, 0) is 55.8 Å². The first-order chi connectivity index (χ1) is 12.9. The molecule has 4 rings (SSSR count). The number of benzene rings is 2. The van der Waals surface area contributed by atoms with E-state index in [4.69, 9.17) is 27.6 Å². The molecule has 1 aliphatic heterocycles. The van der Waals surface area contributed by atoms with Gasteiger partial charge in [0.2, 0.25) is 0 Å². The molecule has 1 aromatic heterocycles. The molecule has 1 saturated heterocycles. The van der Waals surface area contributed by atoms with E-state index in [0.717, 1.165) is 40.3 Å². The van der Waals surface area contributed by atoms with Gasteiger partial charge in [0, 0.05) is 52.9 Å². The summed E-state index contributed by atoms with van der Waals surface area (Å²) in [7, 11) is 0. The van der Waals surface area contributed by atoms with Crippen molar-refractivity contribution in [2.75, 3.05) is 31.1 Å². The summed E-state index contributed by atoms with van der Waals surface area (Å²) in [6.07, 6.45) is 0. The lowest BCUT2D eigenvalue weighted by Gasteiger charge is -2.35. The van der Waals surface area contributed by atoms with Gasteiger partial charge in [0.05, 0.1) is 0 Å². The number of anilines is 1. The molecule has 2 aromatic carbocycles. The Morgan fingerprint density at radius 2 is 1.67 bits per heavy atom. The molecule has 0 saturated carbocycles. The van der Waals surface area contributed by atoms with Crippen molar-refractivity contribution in [2.45, 2.75) is 13.8 Å². The summed E-state index contributed by atoms with van der Waals surface area (Å²) in [6, 6.07) is 11.6. The van der Waals surface area contributed by atoms with E-state index < -0.39 is 0 Å². The summed E-state index contributed by atoms with van der Waals surface area (Å²) in [6.45, 7) is 6.69. The van der Waals surface area contributed by atoms with Crippen molar-refractivity contribution in [3.05, 3.63) is 63.3 Å². The van der Waals surface area contributed by atoms with Gasteiger partial charge < -0.3 is 14.2 Å². The zero-order chi connectivity index (χ0) is 19.1. The molecule has 1 aliphatic rings. The lowest BCUT2D eigenvalue weighted by Crippen LogP contribution is -2.48. The van der Waals surface area contributed by atoms with Gasteiger partial charge in [-0.1, -0.05) is 23.2 Å². The highest BCUT2D eigenvalue weighted by atomic mass is 35.5. The number of nitrogens with zero attached hydrogens (tertiary/aromatic N) is 2. The minimum atomic E-state index is -0.0618. The van der Waals surface area contributed by atoms with Crippen LogP contribution in [0.25, 0.3) is 11.0 Å². The summed E-state index contributed by atoms with van der Waals surface area (Å²) >= 11 is 12.2. The molecule has 27 heavy (non-hydrogen) atoms. The number of carbonyl (C=O) groups excluding carboxylic acids is 1. The van der Waals surface area contributed by atoms with Crippen molar-refractivity contribution < 1.29 is 9.21 Å². The van der Waals surface area contributed by atoms with Crippen LogP contribution in [0.15, 0.2) is 40.8 Å². The van der Waals surface area contributed by atoms with Gasteiger partial charge in [0.1, 0.15) is 5.58 Å². The van der Waals surface area contributed by atoms with Crippen molar-refractivity contribution in [1.82, 2.24) is 4.90 Å². The third-order valence-corrected chi connectivity index (χ3v) is 5.83. The number of carbonyl (C=O) groups is 1. The number of rotatable bonds is 2. The summed E-state index contributed by atoms with van der Waals surface area (Å²) in [5, 5.41) is 2.30. The molecule has 0 atom stereocenters. The predicted octanol–water partition coefficient (Wildman–Crippen LogP) is 5.32. The molecule has 1 amide bonds. The highest BCUT2D eigenvalue weighted by molar-refractivity contribution is 6.32. The van der Waals surface area contributed by atoms with Crippen molar-refractivity contribution in [3.63, 3.8) is 0 Å². The van der Waals surface area contributed by atoms with E-state index in [1.165, 1.54) is 0 Å². The van der Waals surface area contributed by atoms with Crippen LogP contribution in [-0.2, 0) is 0 Å². The molecule has 4 nitrogen and oxygen atoms in total. The summed E-state index contributed by atoms with van der Waals surface area (Å²) in [4.78, 5) is 17.1. The van der Waals surface area contributed by atoms with Gasteiger partial charge in [-0.2, -0.15) is 0 Å². The first-order valence-corrected chi connectivity index (χ1v) is 9.68. The quantitative estimate of drug-likeness (QED) is 0.581. The highest BCUT2D eigenvalue weighted by Crippen LogP contribution is 2.31. The predicted molar refractivity (Wildman–Crippen MR) is 110 cm³/mol. The summed E-state index contributed by atoms with van der Waals surface area (Å²) < 4.78 is 5.90. The van der Waals surface area contributed by atoms with Crippen molar-refractivity contribution in [1.29, 1.82) is 0 Å². The average molecular weight is 403 g/mol. The van der Waals surface area contributed by atoms with Crippen LogP contribution in [0.2, 0.25) is 10.0 Å². The lowest BCUT2D eigenvalue weighted by molar-refractivity contribution is 0.0716. The maximum atomic E-state index is 13.0. The summed E-state index contributed by atoms with van der Waals surface area (Å²) in [5.41, 5.74) is 3.61. The molecule has 0 N–H and O–H groups in total. The van der Waals surface area contributed by atoms with E-state index in [9.17, 15) is 4.79 Å². The molecular weight excluding hydrogens is 383 g/mol. The Kier molecular flexibility index (Phi) is 4.79. The second-order valence-corrected chi connectivity index (χ2v) is 7.75. The lowest BCUT2D eigenvalue weighted by atomic mass is 10.1. The Hall–Kier alpha value is -2.17. The number of halogens is 2. The molecule has 0 radical (unpaired) electrons. The zero-order valence-electron chi connectivity index (χ0n) is 15.3. The number of furan rings is 1. The molecular formula is C21H20Cl2N2O2. The van der Waals surface area contributed by atoms with Crippen LogP contribution in [0.5, 0.6) is 0 Å². The Balaban J connectivity index is 1.52.